The highest BCUT2D eigenvalue weighted by Gasteiger charge is 2.37. The lowest BCUT2D eigenvalue weighted by atomic mass is 9.95. The second-order valence-electron chi connectivity index (χ2n) is 7.29. The number of aromatic amines is 1. The van der Waals surface area contributed by atoms with Crippen LogP contribution >= 0.6 is 0 Å². The van der Waals surface area contributed by atoms with E-state index in [-0.39, 0.29) is 30.4 Å². The van der Waals surface area contributed by atoms with Crippen molar-refractivity contribution in [1.82, 2.24) is 24.8 Å². The molecule has 2 fully saturated rings. The maximum Gasteiger partial charge on any atom is 0.248 e. The molecular weight excluding hydrogens is 346 g/mol. The molecule has 8 heteroatoms. The third-order valence-corrected chi connectivity index (χ3v) is 5.62. The number of likely N-dealkylation sites (tertiary alicyclic amines) is 2. The number of piperidine rings is 1. The summed E-state index contributed by atoms with van der Waals surface area (Å²) in [6.07, 6.45) is 6.81. The molecule has 4 heterocycles. The molecule has 0 bridgehead atoms. The minimum absolute atomic E-state index is 0.00154. The fraction of sp³-hybridized carbons (Fsp3) is 0.579. The molecule has 8 nitrogen and oxygen atoms in total. The van der Waals surface area contributed by atoms with Crippen molar-refractivity contribution in [2.45, 2.75) is 31.7 Å². The molecule has 0 radical (unpaired) electrons. The van der Waals surface area contributed by atoms with Gasteiger partial charge in [-0.15, -0.1) is 0 Å². The first-order valence-electron chi connectivity index (χ1n) is 9.54. The summed E-state index contributed by atoms with van der Waals surface area (Å²) in [5.41, 5.74) is 1.78. The van der Waals surface area contributed by atoms with Gasteiger partial charge in [-0.3, -0.25) is 14.6 Å². The maximum atomic E-state index is 13.1. The summed E-state index contributed by atoms with van der Waals surface area (Å²) in [6, 6.07) is 1.88. The summed E-state index contributed by atoms with van der Waals surface area (Å²) in [5.74, 6) is 1.01. The van der Waals surface area contributed by atoms with Gasteiger partial charge < -0.3 is 19.5 Å². The fourth-order valence-electron chi connectivity index (χ4n) is 4.17. The van der Waals surface area contributed by atoms with E-state index in [2.05, 4.69) is 15.0 Å². The predicted octanol–water partition coefficient (Wildman–Crippen LogP) is 1.51. The van der Waals surface area contributed by atoms with Gasteiger partial charge in [-0.1, -0.05) is 0 Å². The van der Waals surface area contributed by atoms with Crippen molar-refractivity contribution in [2.75, 3.05) is 33.4 Å². The van der Waals surface area contributed by atoms with Gasteiger partial charge >= 0.3 is 0 Å². The molecule has 1 unspecified atom stereocenters. The second kappa shape index (κ2) is 7.64. The van der Waals surface area contributed by atoms with Crippen LogP contribution in [-0.4, -0.2) is 69.9 Å². The van der Waals surface area contributed by atoms with Crippen LogP contribution in [0.15, 0.2) is 18.5 Å². The standard InChI is InChI=1S/C19H25N5O3/c1-27-12-17(25)23-9-5-13(6-10-23)19(26)24-8-2-3-16(24)18-21-14-4-7-20-11-15(14)22-18/h4,7,11,13,16H,2-3,5-6,8-10,12H2,1H3,(H,21,22). The minimum Gasteiger partial charge on any atom is -0.375 e. The Labute approximate surface area is 157 Å². The predicted molar refractivity (Wildman–Crippen MR) is 98.8 cm³/mol. The third-order valence-electron chi connectivity index (χ3n) is 5.62. The van der Waals surface area contributed by atoms with Gasteiger partial charge in [-0.2, -0.15) is 0 Å². The lowest BCUT2D eigenvalue weighted by molar-refractivity contribution is -0.143. The highest BCUT2D eigenvalue weighted by atomic mass is 16.5. The molecule has 0 spiro atoms. The number of amides is 2. The zero-order chi connectivity index (χ0) is 18.8. The number of H-pyrrole nitrogens is 1. The summed E-state index contributed by atoms with van der Waals surface area (Å²) in [7, 11) is 1.52. The van der Waals surface area contributed by atoms with Crippen LogP contribution in [0.1, 0.15) is 37.5 Å². The molecule has 2 saturated heterocycles. The van der Waals surface area contributed by atoms with E-state index in [0.29, 0.717) is 25.9 Å². The van der Waals surface area contributed by atoms with Crippen LogP contribution in [0.25, 0.3) is 11.0 Å². The Balaban J connectivity index is 1.43. The summed E-state index contributed by atoms with van der Waals surface area (Å²) in [4.78, 5) is 41.0. The van der Waals surface area contributed by atoms with Crippen molar-refractivity contribution in [3.8, 4) is 0 Å². The Hall–Kier alpha value is -2.48. The molecule has 0 aromatic carbocycles. The number of carbonyl (C=O) groups excluding carboxylic acids is 2. The van der Waals surface area contributed by atoms with Crippen molar-refractivity contribution < 1.29 is 14.3 Å². The number of pyridine rings is 1. The van der Waals surface area contributed by atoms with E-state index in [1.165, 1.54) is 7.11 Å². The number of ether oxygens (including phenoxy) is 1. The zero-order valence-electron chi connectivity index (χ0n) is 15.6. The van der Waals surface area contributed by atoms with Crippen LogP contribution in [0, 0.1) is 5.92 Å². The molecule has 2 aliphatic rings. The van der Waals surface area contributed by atoms with Crippen LogP contribution in [0.2, 0.25) is 0 Å². The van der Waals surface area contributed by atoms with Gasteiger partial charge in [0.1, 0.15) is 12.4 Å². The third kappa shape index (κ3) is 3.53. The van der Waals surface area contributed by atoms with Crippen LogP contribution in [0.5, 0.6) is 0 Å². The SMILES string of the molecule is COCC(=O)N1CCC(C(=O)N2CCCC2c2nc3ccncc3[nH]2)CC1. The number of aromatic nitrogens is 3. The lowest BCUT2D eigenvalue weighted by Crippen LogP contribution is -2.45. The average Bonchev–Trinajstić information content (AvgIpc) is 3.34. The van der Waals surface area contributed by atoms with Gasteiger partial charge in [0.2, 0.25) is 11.8 Å². The topological polar surface area (TPSA) is 91.4 Å². The number of nitrogens with one attached hydrogen (secondary N) is 1. The van der Waals surface area contributed by atoms with E-state index >= 15 is 0 Å². The first-order chi connectivity index (χ1) is 13.2. The summed E-state index contributed by atoms with van der Waals surface area (Å²) in [5, 5.41) is 0. The molecule has 2 amide bonds. The fourth-order valence-corrected chi connectivity index (χ4v) is 4.17. The van der Waals surface area contributed by atoms with Crippen LogP contribution in [0.4, 0.5) is 0 Å². The molecule has 144 valence electrons. The van der Waals surface area contributed by atoms with E-state index in [0.717, 1.165) is 36.2 Å². The highest BCUT2D eigenvalue weighted by molar-refractivity contribution is 5.81. The van der Waals surface area contributed by atoms with Crippen molar-refractivity contribution >= 4 is 22.8 Å². The van der Waals surface area contributed by atoms with Crippen LogP contribution < -0.4 is 0 Å². The van der Waals surface area contributed by atoms with Crippen molar-refractivity contribution in [1.29, 1.82) is 0 Å². The summed E-state index contributed by atoms with van der Waals surface area (Å²) >= 11 is 0. The molecule has 0 saturated carbocycles. The quantitative estimate of drug-likeness (QED) is 0.880. The number of nitrogens with zero attached hydrogens (tertiary/aromatic N) is 4. The smallest absolute Gasteiger partial charge is 0.248 e. The Bertz CT molecular complexity index is 795. The Kier molecular flexibility index (Phi) is 5.07. The molecule has 2 aromatic rings. The molecule has 4 rings (SSSR count). The van der Waals surface area contributed by atoms with Gasteiger partial charge in [0.15, 0.2) is 0 Å². The van der Waals surface area contributed by atoms with Gasteiger partial charge in [-0.25, -0.2) is 4.98 Å². The molecular formula is C19H25N5O3. The van der Waals surface area contributed by atoms with Crippen LogP contribution in [-0.2, 0) is 14.3 Å². The number of fused-ring (bicyclic) bond motifs is 1. The van der Waals surface area contributed by atoms with E-state index in [9.17, 15) is 9.59 Å². The number of hydrogen-bond acceptors (Lipinski definition) is 5. The van der Waals surface area contributed by atoms with Crippen molar-refractivity contribution in [3.05, 3.63) is 24.3 Å². The number of hydrogen-bond donors (Lipinski definition) is 1. The van der Waals surface area contributed by atoms with Crippen LogP contribution in [0.3, 0.4) is 0 Å². The maximum absolute atomic E-state index is 13.1. The molecule has 1 N–H and O–H groups in total. The van der Waals surface area contributed by atoms with Gasteiger partial charge in [0, 0.05) is 38.9 Å². The highest BCUT2D eigenvalue weighted by Crippen LogP contribution is 2.34. The molecule has 2 aliphatic heterocycles. The molecule has 27 heavy (non-hydrogen) atoms. The van der Waals surface area contributed by atoms with E-state index in [1.54, 1.807) is 17.3 Å². The average molecular weight is 371 g/mol. The normalized spacial score (nSPS) is 21.1. The molecule has 0 aliphatic carbocycles. The first-order valence-corrected chi connectivity index (χ1v) is 9.54. The monoisotopic (exact) mass is 371 g/mol. The van der Waals surface area contributed by atoms with Crippen molar-refractivity contribution in [2.24, 2.45) is 5.92 Å². The minimum atomic E-state index is -0.0248. The lowest BCUT2D eigenvalue weighted by Gasteiger charge is -2.34. The van der Waals surface area contributed by atoms with E-state index in [1.807, 2.05) is 11.0 Å². The van der Waals surface area contributed by atoms with Gasteiger partial charge in [-0.05, 0) is 31.7 Å². The second-order valence-corrected chi connectivity index (χ2v) is 7.29. The summed E-state index contributed by atoms with van der Waals surface area (Å²) < 4.78 is 4.92. The summed E-state index contributed by atoms with van der Waals surface area (Å²) in [6.45, 7) is 2.11. The van der Waals surface area contributed by atoms with Crippen molar-refractivity contribution in [3.63, 3.8) is 0 Å². The largest absolute Gasteiger partial charge is 0.375 e. The molecule has 2 aromatic heterocycles. The molecule has 1 atom stereocenters. The van der Waals surface area contributed by atoms with Gasteiger partial charge in [0.25, 0.3) is 0 Å². The number of methoxy groups -OCH3 is 1. The van der Waals surface area contributed by atoms with E-state index in [4.69, 9.17) is 4.74 Å². The number of rotatable bonds is 4. The Morgan fingerprint density at radius 1 is 1.26 bits per heavy atom. The van der Waals surface area contributed by atoms with E-state index < -0.39 is 0 Å². The Morgan fingerprint density at radius 3 is 2.81 bits per heavy atom. The first kappa shape index (κ1) is 17.9. The number of carbonyl (C=O) groups is 2. The zero-order valence-corrected chi connectivity index (χ0v) is 15.6. The Morgan fingerprint density at radius 2 is 2.07 bits per heavy atom. The van der Waals surface area contributed by atoms with Gasteiger partial charge in [0.05, 0.1) is 23.3 Å². The number of imidazole rings is 1.